The predicted octanol–water partition coefficient (Wildman–Crippen LogP) is 1.10. The SMILES string of the molecule is C=C(C)C(=N)N(C)C. The van der Waals surface area contributed by atoms with Crippen molar-refractivity contribution < 1.29 is 0 Å². The van der Waals surface area contributed by atoms with Crippen molar-refractivity contribution in [1.29, 1.82) is 5.41 Å². The van der Waals surface area contributed by atoms with Crippen LogP contribution >= 0.6 is 0 Å². The van der Waals surface area contributed by atoms with E-state index in [1.54, 1.807) is 4.90 Å². The zero-order valence-corrected chi connectivity index (χ0v) is 5.65. The fourth-order valence-electron chi connectivity index (χ4n) is 0.382. The highest BCUT2D eigenvalue weighted by Crippen LogP contribution is 1.91. The third-order valence-corrected chi connectivity index (χ3v) is 0.851. The Morgan fingerprint density at radius 1 is 1.50 bits per heavy atom. The van der Waals surface area contributed by atoms with Crippen LogP contribution in [-0.2, 0) is 0 Å². The highest BCUT2D eigenvalue weighted by molar-refractivity contribution is 5.94. The first-order chi connectivity index (χ1) is 3.55. The summed E-state index contributed by atoms with van der Waals surface area (Å²) in [7, 11) is 3.66. The molecule has 0 atom stereocenters. The van der Waals surface area contributed by atoms with Gasteiger partial charge in [0.1, 0.15) is 5.84 Å². The van der Waals surface area contributed by atoms with Gasteiger partial charge in [-0.15, -0.1) is 0 Å². The molecular weight excluding hydrogens is 100 g/mol. The molecule has 0 fully saturated rings. The fourth-order valence-corrected chi connectivity index (χ4v) is 0.382. The molecule has 0 spiro atoms. The molecule has 0 aliphatic rings. The fraction of sp³-hybridized carbons (Fsp3) is 0.500. The maximum Gasteiger partial charge on any atom is 0.122 e. The third-order valence-electron chi connectivity index (χ3n) is 0.851. The second-order valence-electron chi connectivity index (χ2n) is 2.02. The summed E-state index contributed by atoms with van der Waals surface area (Å²) in [6.07, 6.45) is 0. The molecule has 0 aromatic carbocycles. The first-order valence-corrected chi connectivity index (χ1v) is 2.47. The van der Waals surface area contributed by atoms with Crippen LogP contribution < -0.4 is 0 Å². The van der Waals surface area contributed by atoms with E-state index in [1.165, 1.54) is 0 Å². The van der Waals surface area contributed by atoms with Gasteiger partial charge in [-0.2, -0.15) is 0 Å². The Morgan fingerprint density at radius 2 is 1.88 bits per heavy atom. The number of hydrogen-bond acceptors (Lipinski definition) is 1. The molecule has 0 unspecified atom stereocenters. The van der Waals surface area contributed by atoms with Gasteiger partial charge in [0.25, 0.3) is 0 Å². The Labute approximate surface area is 50.3 Å². The van der Waals surface area contributed by atoms with Crippen LogP contribution in [0.25, 0.3) is 0 Å². The van der Waals surface area contributed by atoms with Crippen molar-refractivity contribution in [2.45, 2.75) is 6.92 Å². The van der Waals surface area contributed by atoms with Gasteiger partial charge in [-0.1, -0.05) is 6.58 Å². The number of nitrogens with one attached hydrogen (secondary N) is 1. The van der Waals surface area contributed by atoms with E-state index in [9.17, 15) is 0 Å². The molecular formula is C6H12N2. The van der Waals surface area contributed by atoms with E-state index in [4.69, 9.17) is 5.41 Å². The first kappa shape index (κ1) is 7.21. The van der Waals surface area contributed by atoms with E-state index in [0.717, 1.165) is 5.57 Å². The van der Waals surface area contributed by atoms with E-state index in [-0.39, 0.29) is 0 Å². The van der Waals surface area contributed by atoms with Crippen molar-refractivity contribution in [2.75, 3.05) is 14.1 Å². The molecule has 0 aliphatic heterocycles. The number of nitrogens with zero attached hydrogens (tertiary/aromatic N) is 1. The standard InChI is InChI=1S/C6H12N2/c1-5(2)6(7)8(3)4/h7H,1H2,2-4H3. The summed E-state index contributed by atoms with van der Waals surface area (Å²) >= 11 is 0. The smallest absolute Gasteiger partial charge is 0.122 e. The molecule has 1 N–H and O–H groups in total. The van der Waals surface area contributed by atoms with Gasteiger partial charge in [0.05, 0.1) is 0 Å². The van der Waals surface area contributed by atoms with Crippen LogP contribution in [0, 0.1) is 5.41 Å². The Balaban J connectivity index is 3.84. The van der Waals surface area contributed by atoms with E-state index < -0.39 is 0 Å². The molecule has 0 amide bonds. The molecule has 2 nitrogen and oxygen atoms in total. The highest BCUT2D eigenvalue weighted by atomic mass is 15.1. The molecule has 0 aliphatic carbocycles. The maximum atomic E-state index is 7.22. The topological polar surface area (TPSA) is 27.1 Å². The van der Waals surface area contributed by atoms with Gasteiger partial charge >= 0.3 is 0 Å². The highest BCUT2D eigenvalue weighted by Gasteiger charge is 1.95. The van der Waals surface area contributed by atoms with E-state index in [2.05, 4.69) is 6.58 Å². The van der Waals surface area contributed by atoms with Crippen molar-refractivity contribution in [3.8, 4) is 0 Å². The van der Waals surface area contributed by atoms with Crippen molar-refractivity contribution in [1.82, 2.24) is 4.90 Å². The van der Waals surface area contributed by atoms with E-state index in [1.807, 2.05) is 21.0 Å². The van der Waals surface area contributed by atoms with Gasteiger partial charge in [0.15, 0.2) is 0 Å². The lowest BCUT2D eigenvalue weighted by molar-refractivity contribution is 0.617. The summed E-state index contributed by atoms with van der Waals surface area (Å²) < 4.78 is 0. The summed E-state index contributed by atoms with van der Waals surface area (Å²) in [5, 5.41) is 7.22. The lowest BCUT2D eigenvalue weighted by Gasteiger charge is -2.11. The molecule has 46 valence electrons. The van der Waals surface area contributed by atoms with Crippen LogP contribution in [0.5, 0.6) is 0 Å². The van der Waals surface area contributed by atoms with Crippen molar-refractivity contribution >= 4 is 5.84 Å². The predicted molar refractivity (Wildman–Crippen MR) is 36.2 cm³/mol. The van der Waals surface area contributed by atoms with Crippen molar-refractivity contribution in [3.05, 3.63) is 12.2 Å². The summed E-state index contributed by atoms with van der Waals surface area (Å²) in [5.74, 6) is 0.491. The molecule has 0 aromatic heterocycles. The van der Waals surface area contributed by atoms with E-state index in [0.29, 0.717) is 5.84 Å². The Bertz CT molecular complexity index is 114. The largest absolute Gasteiger partial charge is 0.363 e. The average molecular weight is 112 g/mol. The van der Waals surface area contributed by atoms with Crippen molar-refractivity contribution in [2.24, 2.45) is 0 Å². The van der Waals surface area contributed by atoms with Crippen LogP contribution in [-0.4, -0.2) is 24.8 Å². The number of amidine groups is 1. The average Bonchev–Trinajstić information content (AvgIpc) is 1.64. The number of likely N-dealkylation sites (N-methyl/N-ethyl adjacent to an activating group) is 1. The van der Waals surface area contributed by atoms with Crippen LogP contribution in [0.2, 0.25) is 0 Å². The Hall–Kier alpha value is -0.790. The minimum absolute atomic E-state index is 0.491. The lowest BCUT2D eigenvalue weighted by Crippen LogP contribution is -2.20. The molecule has 0 rings (SSSR count). The van der Waals surface area contributed by atoms with Crippen LogP contribution in [0.3, 0.4) is 0 Å². The molecule has 2 heteroatoms. The van der Waals surface area contributed by atoms with Gasteiger partial charge in [-0.25, -0.2) is 0 Å². The Morgan fingerprint density at radius 3 is 1.88 bits per heavy atom. The molecule has 0 saturated carbocycles. The summed E-state index contributed by atoms with van der Waals surface area (Å²) in [5.41, 5.74) is 0.801. The van der Waals surface area contributed by atoms with Crippen molar-refractivity contribution in [3.63, 3.8) is 0 Å². The van der Waals surface area contributed by atoms with Gasteiger partial charge < -0.3 is 4.90 Å². The van der Waals surface area contributed by atoms with E-state index >= 15 is 0 Å². The molecule has 0 aromatic rings. The normalized spacial score (nSPS) is 8.38. The molecule has 0 bridgehead atoms. The number of hydrogen-bond donors (Lipinski definition) is 1. The third kappa shape index (κ3) is 1.78. The van der Waals surface area contributed by atoms with Gasteiger partial charge in [-0.3, -0.25) is 5.41 Å². The number of rotatable bonds is 1. The van der Waals surface area contributed by atoms with Crippen LogP contribution in [0.1, 0.15) is 6.92 Å². The minimum Gasteiger partial charge on any atom is -0.363 e. The van der Waals surface area contributed by atoms with Gasteiger partial charge in [0, 0.05) is 14.1 Å². The first-order valence-electron chi connectivity index (χ1n) is 2.47. The zero-order chi connectivity index (χ0) is 6.73. The second kappa shape index (κ2) is 2.50. The summed E-state index contributed by atoms with van der Waals surface area (Å²) in [6.45, 7) is 5.43. The molecule has 8 heavy (non-hydrogen) atoms. The monoisotopic (exact) mass is 112 g/mol. The second-order valence-corrected chi connectivity index (χ2v) is 2.02. The zero-order valence-electron chi connectivity index (χ0n) is 5.65. The van der Waals surface area contributed by atoms with Gasteiger partial charge in [0.2, 0.25) is 0 Å². The van der Waals surface area contributed by atoms with Crippen LogP contribution in [0.15, 0.2) is 12.2 Å². The summed E-state index contributed by atoms with van der Waals surface area (Å²) in [4.78, 5) is 1.72. The minimum atomic E-state index is 0.491. The van der Waals surface area contributed by atoms with Gasteiger partial charge in [-0.05, 0) is 12.5 Å². The van der Waals surface area contributed by atoms with Crippen LogP contribution in [0.4, 0.5) is 0 Å². The maximum absolute atomic E-state index is 7.22. The quantitative estimate of drug-likeness (QED) is 0.399. The Kier molecular flexibility index (Phi) is 2.25. The molecule has 0 saturated heterocycles. The summed E-state index contributed by atoms with van der Waals surface area (Å²) in [6, 6.07) is 0. The lowest BCUT2D eigenvalue weighted by atomic mass is 10.3. The molecule has 0 radical (unpaired) electrons. The molecule has 0 heterocycles.